The fourth-order valence-corrected chi connectivity index (χ4v) is 1.64. The molecule has 2 unspecified atom stereocenters. The highest BCUT2D eigenvalue weighted by atomic mass is 16.3. The quantitative estimate of drug-likeness (QED) is 0.743. The molecule has 1 aliphatic rings. The minimum Gasteiger partial charge on any atom is -0.466 e. The van der Waals surface area contributed by atoms with Crippen LogP contribution in [0.1, 0.15) is 30.8 Å². The maximum absolute atomic E-state index is 5.63. The van der Waals surface area contributed by atoms with Crippen molar-refractivity contribution in [2.24, 2.45) is 11.7 Å². The zero-order chi connectivity index (χ0) is 8.55. The first-order valence-electron chi connectivity index (χ1n) is 4.63. The highest BCUT2D eigenvalue weighted by molar-refractivity contribution is 5.18. The lowest BCUT2D eigenvalue weighted by Crippen LogP contribution is -2.01. The Hall–Kier alpha value is -0.760. The van der Waals surface area contributed by atoms with Gasteiger partial charge in [0.05, 0.1) is 0 Å². The van der Waals surface area contributed by atoms with E-state index in [4.69, 9.17) is 10.2 Å². The molecule has 0 saturated heterocycles. The molecule has 12 heavy (non-hydrogen) atoms. The van der Waals surface area contributed by atoms with Crippen molar-refractivity contribution in [1.82, 2.24) is 0 Å². The molecule has 0 aliphatic heterocycles. The first kappa shape index (κ1) is 7.87. The predicted octanol–water partition coefficient (Wildman–Crippen LogP) is 1.90. The van der Waals surface area contributed by atoms with Crippen molar-refractivity contribution >= 4 is 0 Å². The molecule has 66 valence electrons. The molecule has 0 spiro atoms. The SMILES string of the molecule is CCc1ccc(C2CC2CN)o1. The van der Waals surface area contributed by atoms with Gasteiger partial charge in [0.1, 0.15) is 11.5 Å². The monoisotopic (exact) mass is 165 g/mol. The van der Waals surface area contributed by atoms with Gasteiger partial charge in [-0.3, -0.25) is 0 Å². The highest BCUT2D eigenvalue weighted by Crippen LogP contribution is 2.47. The first-order chi connectivity index (χ1) is 5.85. The average molecular weight is 165 g/mol. The van der Waals surface area contributed by atoms with Crippen molar-refractivity contribution < 1.29 is 4.42 Å². The number of nitrogens with two attached hydrogens (primary N) is 1. The molecule has 1 aliphatic carbocycles. The Morgan fingerprint density at radius 3 is 2.92 bits per heavy atom. The summed E-state index contributed by atoms with van der Waals surface area (Å²) in [6, 6.07) is 4.17. The Morgan fingerprint density at radius 1 is 1.58 bits per heavy atom. The molecule has 1 saturated carbocycles. The third kappa shape index (κ3) is 1.27. The van der Waals surface area contributed by atoms with E-state index in [2.05, 4.69) is 19.1 Å². The zero-order valence-electron chi connectivity index (χ0n) is 7.42. The molecule has 0 amide bonds. The Balaban J connectivity index is 2.05. The van der Waals surface area contributed by atoms with Gasteiger partial charge >= 0.3 is 0 Å². The zero-order valence-corrected chi connectivity index (χ0v) is 7.42. The maximum Gasteiger partial charge on any atom is 0.107 e. The van der Waals surface area contributed by atoms with Crippen molar-refractivity contribution in [3.63, 3.8) is 0 Å². The lowest BCUT2D eigenvalue weighted by atomic mass is 10.2. The van der Waals surface area contributed by atoms with Crippen LogP contribution in [0.5, 0.6) is 0 Å². The second kappa shape index (κ2) is 2.94. The van der Waals surface area contributed by atoms with E-state index >= 15 is 0 Å². The van der Waals surface area contributed by atoms with Gasteiger partial charge in [-0.2, -0.15) is 0 Å². The van der Waals surface area contributed by atoms with Crippen LogP contribution in [-0.4, -0.2) is 6.54 Å². The van der Waals surface area contributed by atoms with E-state index in [0.717, 1.165) is 24.5 Å². The second-order valence-corrected chi connectivity index (χ2v) is 3.50. The van der Waals surface area contributed by atoms with Crippen molar-refractivity contribution in [2.45, 2.75) is 25.7 Å². The minimum atomic E-state index is 0.621. The van der Waals surface area contributed by atoms with Crippen LogP contribution in [0.3, 0.4) is 0 Å². The van der Waals surface area contributed by atoms with Crippen molar-refractivity contribution in [3.05, 3.63) is 23.7 Å². The molecule has 0 aromatic carbocycles. The van der Waals surface area contributed by atoms with Crippen LogP contribution < -0.4 is 5.73 Å². The Morgan fingerprint density at radius 2 is 2.42 bits per heavy atom. The van der Waals surface area contributed by atoms with Crippen LogP contribution in [0.15, 0.2) is 16.5 Å². The third-order valence-electron chi connectivity index (χ3n) is 2.62. The van der Waals surface area contributed by atoms with E-state index in [0.29, 0.717) is 11.8 Å². The van der Waals surface area contributed by atoms with Gasteiger partial charge in [-0.05, 0) is 31.0 Å². The van der Waals surface area contributed by atoms with Gasteiger partial charge in [0.25, 0.3) is 0 Å². The summed E-state index contributed by atoms with van der Waals surface area (Å²) >= 11 is 0. The Labute approximate surface area is 72.7 Å². The first-order valence-corrected chi connectivity index (χ1v) is 4.63. The Bertz CT molecular complexity index is 267. The molecule has 1 aromatic rings. The van der Waals surface area contributed by atoms with Gasteiger partial charge in [0, 0.05) is 12.3 Å². The summed E-state index contributed by atoms with van der Waals surface area (Å²) in [6.45, 7) is 2.91. The largest absolute Gasteiger partial charge is 0.466 e. The smallest absolute Gasteiger partial charge is 0.107 e. The van der Waals surface area contributed by atoms with Gasteiger partial charge in [-0.1, -0.05) is 6.92 Å². The van der Waals surface area contributed by atoms with Crippen LogP contribution in [-0.2, 0) is 6.42 Å². The summed E-state index contributed by atoms with van der Waals surface area (Å²) in [5, 5.41) is 0. The van der Waals surface area contributed by atoms with Crippen LogP contribution in [0.2, 0.25) is 0 Å². The molecule has 0 bridgehead atoms. The molecule has 0 radical (unpaired) electrons. The lowest BCUT2D eigenvalue weighted by Gasteiger charge is -1.92. The van der Waals surface area contributed by atoms with Gasteiger partial charge in [-0.25, -0.2) is 0 Å². The average Bonchev–Trinajstić information content (AvgIpc) is 2.75. The third-order valence-corrected chi connectivity index (χ3v) is 2.62. The van der Waals surface area contributed by atoms with Crippen LogP contribution in [0.4, 0.5) is 0 Å². The fourth-order valence-electron chi connectivity index (χ4n) is 1.64. The predicted molar refractivity (Wildman–Crippen MR) is 48.0 cm³/mol. The molecule has 2 heteroatoms. The summed E-state index contributed by atoms with van der Waals surface area (Å²) in [5.41, 5.74) is 5.56. The normalized spacial score (nSPS) is 27.5. The summed E-state index contributed by atoms with van der Waals surface area (Å²) in [4.78, 5) is 0. The van der Waals surface area contributed by atoms with Crippen LogP contribution >= 0.6 is 0 Å². The minimum absolute atomic E-state index is 0.621. The fraction of sp³-hybridized carbons (Fsp3) is 0.600. The molecule has 1 heterocycles. The molecule has 1 fully saturated rings. The van der Waals surface area contributed by atoms with E-state index in [1.54, 1.807) is 0 Å². The van der Waals surface area contributed by atoms with Crippen molar-refractivity contribution in [2.75, 3.05) is 6.54 Å². The van der Waals surface area contributed by atoms with E-state index < -0.39 is 0 Å². The summed E-state index contributed by atoms with van der Waals surface area (Å²) < 4.78 is 5.63. The van der Waals surface area contributed by atoms with Crippen molar-refractivity contribution in [3.8, 4) is 0 Å². The van der Waals surface area contributed by atoms with E-state index in [-0.39, 0.29) is 0 Å². The molecule has 2 atom stereocenters. The van der Waals surface area contributed by atoms with E-state index in [1.165, 1.54) is 6.42 Å². The van der Waals surface area contributed by atoms with E-state index in [9.17, 15) is 0 Å². The summed E-state index contributed by atoms with van der Waals surface area (Å²) in [5.74, 6) is 3.53. The summed E-state index contributed by atoms with van der Waals surface area (Å²) in [7, 11) is 0. The molecule has 2 nitrogen and oxygen atoms in total. The van der Waals surface area contributed by atoms with Gasteiger partial charge in [0.2, 0.25) is 0 Å². The number of aryl methyl sites for hydroxylation is 1. The molecule has 2 rings (SSSR count). The molecule has 1 aromatic heterocycles. The number of furan rings is 1. The maximum atomic E-state index is 5.63. The highest BCUT2D eigenvalue weighted by Gasteiger charge is 2.39. The number of rotatable bonds is 3. The van der Waals surface area contributed by atoms with Gasteiger partial charge < -0.3 is 10.2 Å². The van der Waals surface area contributed by atoms with Gasteiger partial charge in [0.15, 0.2) is 0 Å². The topological polar surface area (TPSA) is 39.2 Å². The lowest BCUT2D eigenvalue weighted by molar-refractivity contribution is 0.465. The van der Waals surface area contributed by atoms with Gasteiger partial charge in [-0.15, -0.1) is 0 Å². The standard InChI is InChI=1S/C10H15NO/c1-2-8-3-4-10(12-8)9-5-7(9)6-11/h3-4,7,9H,2,5-6,11H2,1H3. The Kier molecular flexibility index (Phi) is 1.93. The van der Waals surface area contributed by atoms with Crippen LogP contribution in [0, 0.1) is 5.92 Å². The summed E-state index contributed by atoms with van der Waals surface area (Å²) in [6.07, 6.45) is 2.20. The molecular weight excluding hydrogens is 150 g/mol. The number of hydrogen-bond donors (Lipinski definition) is 1. The second-order valence-electron chi connectivity index (χ2n) is 3.50. The molecule has 2 N–H and O–H groups in total. The molecular formula is C10H15NO. The number of hydrogen-bond acceptors (Lipinski definition) is 2. The van der Waals surface area contributed by atoms with E-state index in [1.807, 2.05) is 0 Å². The van der Waals surface area contributed by atoms with Crippen LogP contribution in [0.25, 0.3) is 0 Å². The van der Waals surface area contributed by atoms with Crippen molar-refractivity contribution in [1.29, 1.82) is 0 Å².